The lowest BCUT2D eigenvalue weighted by molar-refractivity contribution is -0.384. The van der Waals surface area contributed by atoms with Gasteiger partial charge in [0.15, 0.2) is 0 Å². The average Bonchev–Trinajstić information content (AvgIpc) is 2.99. The molecule has 0 aromatic heterocycles. The highest BCUT2D eigenvalue weighted by molar-refractivity contribution is 7.92. The van der Waals surface area contributed by atoms with Crippen LogP contribution in [0.25, 0.3) is 0 Å². The molecule has 1 atom stereocenters. The molecule has 0 bridgehead atoms. The Morgan fingerprint density at radius 3 is 2.23 bits per heavy atom. The topological polar surface area (TPSA) is 130 Å². The molecule has 234 valence electrons. The van der Waals surface area contributed by atoms with Gasteiger partial charge in [0.2, 0.25) is 21.8 Å². The molecule has 0 aliphatic heterocycles. The minimum atomic E-state index is -4.05. The molecule has 0 radical (unpaired) electrons. The number of nitrogens with one attached hydrogen (secondary N) is 1. The average molecular weight is 621 g/mol. The maximum Gasteiger partial charge on any atom is 0.271 e. The second kappa shape index (κ2) is 14.5. The zero-order chi connectivity index (χ0) is 31.9. The standard InChI is InChI=1S/C33H40N4O6S/c1-24-14-17-27(18-15-24)22-35(31(20-26-10-6-4-7-11-26)33(39)34-28-12-8-5-9-13-28)32(38)23-36(44(3,42)43)30-21-29(37(40)41)19-16-25(30)2/h4,6-7,10-11,14-19,21,28,31H,5,8-9,12-13,20,22-23H2,1-3H3,(H,34,39)/t31-/m0/s1. The Labute approximate surface area is 259 Å². The van der Waals surface area contributed by atoms with Gasteiger partial charge in [-0.25, -0.2) is 8.42 Å². The van der Waals surface area contributed by atoms with Crippen LogP contribution in [-0.4, -0.2) is 54.9 Å². The molecule has 0 saturated heterocycles. The van der Waals surface area contributed by atoms with Crippen molar-refractivity contribution in [2.75, 3.05) is 17.1 Å². The van der Waals surface area contributed by atoms with Crippen molar-refractivity contribution in [3.63, 3.8) is 0 Å². The molecule has 4 rings (SSSR count). The summed E-state index contributed by atoms with van der Waals surface area (Å²) < 4.78 is 27.1. The fraction of sp³-hybridized carbons (Fsp3) is 0.394. The van der Waals surface area contributed by atoms with E-state index in [1.54, 1.807) is 6.92 Å². The minimum absolute atomic E-state index is 0.00545. The minimum Gasteiger partial charge on any atom is -0.352 e. The van der Waals surface area contributed by atoms with Gasteiger partial charge in [0.25, 0.3) is 5.69 Å². The van der Waals surface area contributed by atoms with Crippen LogP contribution in [0.15, 0.2) is 72.8 Å². The van der Waals surface area contributed by atoms with Crippen LogP contribution in [0.2, 0.25) is 0 Å². The van der Waals surface area contributed by atoms with Gasteiger partial charge in [-0.2, -0.15) is 0 Å². The first-order valence-electron chi connectivity index (χ1n) is 14.8. The van der Waals surface area contributed by atoms with Crippen molar-refractivity contribution in [1.82, 2.24) is 10.2 Å². The molecule has 1 fully saturated rings. The number of non-ortho nitro benzene ring substituents is 1. The van der Waals surface area contributed by atoms with E-state index in [-0.39, 0.29) is 36.3 Å². The van der Waals surface area contributed by atoms with Crippen molar-refractivity contribution in [2.24, 2.45) is 0 Å². The Bertz CT molecular complexity index is 1570. The highest BCUT2D eigenvalue weighted by atomic mass is 32.2. The summed E-state index contributed by atoms with van der Waals surface area (Å²) in [7, 11) is -4.05. The van der Waals surface area contributed by atoms with Gasteiger partial charge < -0.3 is 10.2 Å². The second-order valence-corrected chi connectivity index (χ2v) is 13.5. The quantitative estimate of drug-likeness (QED) is 0.222. The Balaban J connectivity index is 1.75. The number of carbonyl (C=O) groups is 2. The van der Waals surface area contributed by atoms with Crippen molar-refractivity contribution in [2.45, 2.75) is 71.0 Å². The van der Waals surface area contributed by atoms with Crippen molar-refractivity contribution in [1.29, 1.82) is 0 Å². The number of nitro groups is 1. The molecule has 1 aliphatic rings. The van der Waals surface area contributed by atoms with E-state index in [1.807, 2.05) is 61.5 Å². The number of nitro benzene ring substituents is 1. The number of hydrogen-bond acceptors (Lipinski definition) is 6. The second-order valence-electron chi connectivity index (χ2n) is 11.6. The number of nitrogens with zero attached hydrogens (tertiary/aromatic N) is 3. The van der Waals surface area contributed by atoms with E-state index < -0.39 is 33.4 Å². The molecule has 11 heteroatoms. The summed E-state index contributed by atoms with van der Waals surface area (Å²) in [4.78, 5) is 40.7. The third-order valence-electron chi connectivity index (χ3n) is 8.05. The molecule has 0 unspecified atom stereocenters. The predicted molar refractivity (Wildman–Crippen MR) is 171 cm³/mol. The van der Waals surface area contributed by atoms with E-state index >= 15 is 0 Å². The first-order valence-corrected chi connectivity index (χ1v) is 16.7. The van der Waals surface area contributed by atoms with Crippen LogP contribution in [0.1, 0.15) is 54.4 Å². The molecule has 0 spiro atoms. The van der Waals surface area contributed by atoms with Crippen LogP contribution >= 0.6 is 0 Å². The Hall–Kier alpha value is -4.25. The zero-order valence-electron chi connectivity index (χ0n) is 25.4. The lowest BCUT2D eigenvalue weighted by Crippen LogP contribution is -2.55. The number of aryl methyl sites for hydroxylation is 2. The molecule has 3 aromatic rings. The van der Waals surface area contributed by atoms with Gasteiger partial charge >= 0.3 is 0 Å². The number of benzene rings is 3. The summed E-state index contributed by atoms with van der Waals surface area (Å²) in [6.07, 6.45) is 6.08. The van der Waals surface area contributed by atoms with E-state index in [2.05, 4.69) is 5.32 Å². The van der Waals surface area contributed by atoms with Crippen LogP contribution in [0, 0.1) is 24.0 Å². The normalized spacial score (nSPS) is 14.4. The first kappa shape index (κ1) is 32.7. The number of anilines is 1. The maximum atomic E-state index is 14.3. The molecule has 10 nitrogen and oxygen atoms in total. The van der Waals surface area contributed by atoms with E-state index in [9.17, 15) is 28.1 Å². The van der Waals surface area contributed by atoms with Crippen LogP contribution < -0.4 is 9.62 Å². The number of hydrogen-bond donors (Lipinski definition) is 1. The summed E-state index contributed by atoms with van der Waals surface area (Å²) in [6.45, 7) is 3.02. The van der Waals surface area contributed by atoms with Gasteiger partial charge in [-0.05, 0) is 43.4 Å². The zero-order valence-corrected chi connectivity index (χ0v) is 26.3. The first-order chi connectivity index (χ1) is 20.9. The van der Waals surface area contributed by atoms with Crippen molar-refractivity contribution >= 4 is 33.2 Å². The molecule has 1 saturated carbocycles. The highest BCUT2D eigenvalue weighted by Gasteiger charge is 2.34. The number of amides is 2. The van der Waals surface area contributed by atoms with Crippen molar-refractivity contribution in [3.8, 4) is 0 Å². The van der Waals surface area contributed by atoms with Gasteiger partial charge in [0.05, 0.1) is 16.9 Å². The maximum absolute atomic E-state index is 14.3. The van der Waals surface area contributed by atoms with Gasteiger partial charge in [0.1, 0.15) is 12.6 Å². The lowest BCUT2D eigenvalue weighted by atomic mass is 9.94. The van der Waals surface area contributed by atoms with Gasteiger partial charge in [-0.15, -0.1) is 0 Å². The lowest BCUT2D eigenvalue weighted by Gasteiger charge is -2.35. The molecular formula is C33H40N4O6S. The van der Waals surface area contributed by atoms with Crippen LogP contribution in [0.3, 0.4) is 0 Å². The van der Waals surface area contributed by atoms with Crippen LogP contribution in [0.4, 0.5) is 11.4 Å². The smallest absolute Gasteiger partial charge is 0.271 e. The van der Waals surface area contributed by atoms with Gasteiger partial charge in [-0.3, -0.25) is 24.0 Å². The van der Waals surface area contributed by atoms with Gasteiger partial charge in [0, 0.05) is 31.1 Å². The molecular weight excluding hydrogens is 580 g/mol. The predicted octanol–water partition coefficient (Wildman–Crippen LogP) is 5.07. The van der Waals surface area contributed by atoms with E-state index in [0.717, 1.165) is 65.4 Å². The SMILES string of the molecule is Cc1ccc(CN(C(=O)CN(c2cc([N+](=O)[O-])ccc2C)S(C)(=O)=O)[C@@H](Cc2ccccc2)C(=O)NC2CCCCC2)cc1. The summed E-state index contributed by atoms with van der Waals surface area (Å²) in [5.74, 6) is -0.889. The fourth-order valence-electron chi connectivity index (χ4n) is 5.56. The number of rotatable bonds is 12. The largest absolute Gasteiger partial charge is 0.352 e. The molecule has 0 heterocycles. The summed E-state index contributed by atoms with van der Waals surface area (Å²) in [5, 5.41) is 14.7. The summed E-state index contributed by atoms with van der Waals surface area (Å²) >= 11 is 0. The van der Waals surface area contributed by atoms with Crippen molar-refractivity contribution < 1.29 is 22.9 Å². The molecule has 3 aromatic carbocycles. The molecule has 1 aliphatic carbocycles. The van der Waals surface area contributed by atoms with E-state index in [1.165, 1.54) is 17.0 Å². The van der Waals surface area contributed by atoms with E-state index in [4.69, 9.17) is 0 Å². The van der Waals surface area contributed by atoms with E-state index in [0.29, 0.717) is 5.56 Å². The third-order valence-corrected chi connectivity index (χ3v) is 9.17. The summed E-state index contributed by atoms with van der Waals surface area (Å²) in [5.41, 5.74) is 2.87. The Morgan fingerprint density at radius 2 is 1.61 bits per heavy atom. The number of sulfonamides is 1. The Morgan fingerprint density at radius 1 is 0.955 bits per heavy atom. The van der Waals surface area contributed by atoms with Crippen molar-refractivity contribution in [3.05, 3.63) is 105 Å². The fourth-order valence-corrected chi connectivity index (χ4v) is 6.46. The molecule has 2 amide bonds. The van der Waals surface area contributed by atoms with Crippen LogP contribution in [0.5, 0.6) is 0 Å². The van der Waals surface area contributed by atoms with Crippen LogP contribution in [-0.2, 0) is 32.6 Å². The van der Waals surface area contributed by atoms with Gasteiger partial charge in [-0.1, -0.05) is 85.5 Å². The Kier molecular flexibility index (Phi) is 10.7. The third kappa shape index (κ3) is 8.66. The molecule has 1 N–H and O–H groups in total. The number of carbonyl (C=O) groups excluding carboxylic acids is 2. The summed E-state index contributed by atoms with van der Waals surface area (Å²) in [6, 6.07) is 20.0. The monoisotopic (exact) mass is 620 g/mol. The highest BCUT2D eigenvalue weighted by Crippen LogP contribution is 2.28. The molecule has 44 heavy (non-hydrogen) atoms.